The van der Waals surface area contributed by atoms with Crippen molar-refractivity contribution in [1.29, 1.82) is 0 Å². The Bertz CT molecular complexity index is 675. The molecule has 0 aliphatic heterocycles. The number of ether oxygens (including phenoxy) is 1. The molecular weight excluding hydrogens is 335 g/mol. The van der Waals surface area contributed by atoms with E-state index in [-0.39, 0.29) is 36.8 Å². The number of rotatable bonds is 6. The quantitative estimate of drug-likeness (QED) is 0.828. The van der Waals surface area contributed by atoms with Crippen LogP contribution in [0.2, 0.25) is 0 Å². The SMILES string of the molecule is COCC(N)C(=O)NC(C)c1cnn(-c2ccc(F)cc2)c1C.Cl. The number of nitrogens with two attached hydrogens (primary N) is 1. The molecule has 0 bridgehead atoms. The fraction of sp³-hybridized carbons (Fsp3) is 0.375. The predicted molar refractivity (Wildman–Crippen MR) is 91.9 cm³/mol. The topological polar surface area (TPSA) is 82.2 Å². The molecule has 0 saturated carbocycles. The number of nitrogens with one attached hydrogen (secondary N) is 1. The Morgan fingerprint density at radius 2 is 2.04 bits per heavy atom. The lowest BCUT2D eigenvalue weighted by atomic mass is 10.1. The van der Waals surface area contributed by atoms with Gasteiger partial charge in [0.25, 0.3) is 0 Å². The Morgan fingerprint density at radius 1 is 1.42 bits per heavy atom. The van der Waals surface area contributed by atoms with Gasteiger partial charge in [-0.2, -0.15) is 5.10 Å². The Kier molecular flexibility index (Phi) is 7.34. The smallest absolute Gasteiger partial charge is 0.239 e. The van der Waals surface area contributed by atoms with Crippen LogP contribution < -0.4 is 11.1 Å². The highest BCUT2D eigenvalue weighted by Crippen LogP contribution is 2.20. The summed E-state index contributed by atoms with van der Waals surface area (Å²) in [7, 11) is 1.49. The van der Waals surface area contributed by atoms with Gasteiger partial charge in [-0.15, -0.1) is 12.4 Å². The average molecular weight is 357 g/mol. The van der Waals surface area contributed by atoms with Crippen molar-refractivity contribution < 1.29 is 13.9 Å². The highest BCUT2D eigenvalue weighted by Gasteiger charge is 2.19. The molecule has 0 fully saturated rings. The zero-order valence-corrected chi connectivity index (χ0v) is 14.6. The van der Waals surface area contributed by atoms with Gasteiger partial charge in [0.15, 0.2) is 0 Å². The molecule has 6 nitrogen and oxygen atoms in total. The summed E-state index contributed by atoms with van der Waals surface area (Å²) >= 11 is 0. The number of hydrogen-bond acceptors (Lipinski definition) is 4. The van der Waals surface area contributed by atoms with Gasteiger partial charge >= 0.3 is 0 Å². The molecule has 1 amide bonds. The third-order valence-corrected chi connectivity index (χ3v) is 3.63. The van der Waals surface area contributed by atoms with Crippen LogP contribution >= 0.6 is 12.4 Å². The summed E-state index contributed by atoms with van der Waals surface area (Å²) in [6.07, 6.45) is 1.69. The van der Waals surface area contributed by atoms with Crippen molar-refractivity contribution in [2.45, 2.75) is 25.9 Å². The molecule has 3 N–H and O–H groups in total. The van der Waals surface area contributed by atoms with Crippen LogP contribution in [-0.2, 0) is 9.53 Å². The van der Waals surface area contributed by atoms with Crippen LogP contribution in [0.1, 0.15) is 24.2 Å². The van der Waals surface area contributed by atoms with Gasteiger partial charge < -0.3 is 15.8 Å². The van der Waals surface area contributed by atoms with E-state index in [0.717, 1.165) is 16.9 Å². The fourth-order valence-corrected chi connectivity index (χ4v) is 2.34. The number of benzene rings is 1. The molecule has 0 aliphatic carbocycles. The monoisotopic (exact) mass is 356 g/mol. The molecule has 8 heteroatoms. The second kappa shape index (κ2) is 8.77. The van der Waals surface area contributed by atoms with E-state index in [1.165, 1.54) is 19.2 Å². The minimum Gasteiger partial charge on any atom is -0.383 e. The molecule has 1 aromatic carbocycles. The first-order valence-electron chi connectivity index (χ1n) is 7.29. The summed E-state index contributed by atoms with van der Waals surface area (Å²) < 4.78 is 19.6. The standard InChI is InChI=1S/C16H21FN4O2.ClH/c1-10(20-16(22)15(18)9-23-3)14-8-19-21(11(14)2)13-6-4-12(17)5-7-13;/h4-8,10,15H,9,18H2,1-3H3,(H,20,22);1H. The summed E-state index contributed by atoms with van der Waals surface area (Å²) in [5.74, 6) is -0.583. The van der Waals surface area contributed by atoms with Gasteiger partial charge in [0.1, 0.15) is 11.9 Å². The summed E-state index contributed by atoms with van der Waals surface area (Å²) in [4.78, 5) is 12.0. The first-order chi connectivity index (χ1) is 10.9. The van der Waals surface area contributed by atoms with Gasteiger partial charge in [-0.1, -0.05) is 0 Å². The zero-order valence-electron chi connectivity index (χ0n) is 13.8. The molecule has 2 atom stereocenters. The van der Waals surface area contributed by atoms with E-state index < -0.39 is 6.04 Å². The highest BCUT2D eigenvalue weighted by molar-refractivity contribution is 5.85. The van der Waals surface area contributed by atoms with Crippen LogP contribution in [0.5, 0.6) is 0 Å². The molecule has 132 valence electrons. The number of halogens is 2. The summed E-state index contributed by atoms with van der Waals surface area (Å²) in [5, 5.41) is 7.15. The fourth-order valence-electron chi connectivity index (χ4n) is 2.34. The van der Waals surface area contributed by atoms with E-state index in [0.29, 0.717) is 0 Å². The lowest BCUT2D eigenvalue weighted by Crippen LogP contribution is -2.44. The molecule has 2 unspecified atom stereocenters. The number of nitrogens with zero attached hydrogens (tertiary/aromatic N) is 2. The van der Waals surface area contributed by atoms with Gasteiger partial charge in [0, 0.05) is 18.4 Å². The number of carbonyl (C=O) groups is 1. The Balaban J connectivity index is 0.00000288. The zero-order chi connectivity index (χ0) is 17.0. The second-order valence-corrected chi connectivity index (χ2v) is 5.37. The maximum atomic E-state index is 13.0. The molecule has 2 rings (SSSR count). The summed E-state index contributed by atoms with van der Waals surface area (Å²) in [5.41, 5.74) is 8.20. The highest BCUT2D eigenvalue weighted by atomic mass is 35.5. The Morgan fingerprint density at radius 3 is 2.62 bits per heavy atom. The number of hydrogen-bond donors (Lipinski definition) is 2. The molecule has 2 aromatic rings. The van der Waals surface area contributed by atoms with Crippen LogP contribution in [0.3, 0.4) is 0 Å². The van der Waals surface area contributed by atoms with E-state index >= 15 is 0 Å². The average Bonchev–Trinajstić information content (AvgIpc) is 2.90. The number of amides is 1. The Hall–Kier alpha value is -1.96. The van der Waals surface area contributed by atoms with E-state index in [1.54, 1.807) is 23.0 Å². The molecule has 1 aromatic heterocycles. The normalized spacial score (nSPS) is 13.0. The van der Waals surface area contributed by atoms with Crippen molar-refractivity contribution in [3.05, 3.63) is 47.5 Å². The summed E-state index contributed by atoms with van der Waals surface area (Å²) in [6, 6.07) is 5.10. The molecular formula is C16H22ClFN4O2. The van der Waals surface area contributed by atoms with E-state index in [4.69, 9.17) is 10.5 Å². The van der Waals surface area contributed by atoms with Crippen molar-refractivity contribution in [3.8, 4) is 5.69 Å². The third kappa shape index (κ3) is 4.53. The molecule has 1 heterocycles. The van der Waals surface area contributed by atoms with Crippen molar-refractivity contribution in [1.82, 2.24) is 15.1 Å². The van der Waals surface area contributed by atoms with Crippen LogP contribution in [0.25, 0.3) is 5.69 Å². The van der Waals surface area contributed by atoms with Crippen LogP contribution in [0, 0.1) is 12.7 Å². The van der Waals surface area contributed by atoms with E-state index in [1.807, 2.05) is 13.8 Å². The summed E-state index contributed by atoms with van der Waals surface area (Å²) in [6.45, 7) is 3.91. The predicted octanol–water partition coefficient (Wildman–Crippen LogP) is 1.89. The third-order valence-electron chi connectivity index (χ3n) is 3.63. The minimum atomic E-state index is -0.713. The number of carbonyl (C=O) groups excluding carboxylic acids is 1. The lowest BCUT2D eigenvalue weighted by molar-refractivity contribution is -0.124. The first-order valence-corrected chi connectivity index (χ1v) is 7.29. The van der Waals surface area contributed by atoms with Crippen molar-refractivity contribution in [2.24, 2.45) is 5.73 Å². The maximum Gasteiger partial charge on any atom is 0.239 e. The van der Waals surface area contributed by atoms with Crippen molar-refractivity contribution in [2.75, 3.05) is 13.7 Å². The second-order valence-electron chi connectivity index (χ2n) is 5.37. The van der Waals surface area contributed by atoms with Crippen molar-refractivity contribution in [3.63, 3.8) is 0 Å². The van der Waals surface area contributed by atoms with E-state index in [9.17, 15) is 9.18 Å². The van der Waals surface area contributed by atoms with Crippen LogP contribution in [0.15, 0.2) is 30.5 Å². The first kappa shape index (κ1) is 20.1. The Labute approximate surface area is 146 Å². The molecule has 0 aliphatic rings. The number of methoxy groups -OCH3 is 1. The largest absolute Gasteiger partial charge is 0.383 e. The minimum absolute atomic E-state index is 0. The van der Waals surface area contributed by atoms with Gasteiger partial charge in [0.05, 0.1) is 24.5 Å². The van der Waals surface area contributed by atoms with Crippen LogP contribution in [-0.4, -0.2) is 35.4 Å². The van der Waals surface area contributed by atoms with Gasteiger partial charge in [0.2, 0.25) is 5.91 Å². The lowest BCUT2D eigenvalue weighted by Gasteiger charge is -2.17. The van der Waals surface area contributed by atoms with Gasteiger partial charge in [-0.05, 0) is 38.1 Å². The van der Waals surface area contributed by atoms with Gasteiger partial charge in [-0.25, -0.2) is 9.07 Å². The molecule has 24 heavy (non-hydrogen) atoms. The van der Waals surface area contributed by atoms with Crippen LogP contribution in [0.4, 0.5) is 4.39 Å². The maximum absolute atomic E-state index is 13.0. The molecule has 0 radical (unpaired) electrons. The molecule has 0 spiro atoms. The van der Waals surface area contributed by atoms with Gasteiger partial charge in [-0.3, -0.25) is 4.79 Å². The number of aromatic nitrogens is 2. The van der Waals surface area contributed by atoms with Crippen molar-refractivity contribution >= 4 is 18.3 Å². The van der Waals surface area contributed by atoms with E-state index in [2.05, 4.69) is 10.4 Å². The molecule has 0 saturated heterocycles.